The number of hydrogen-bond acceptors (Lipinski definition) is 7. The van der Waals surface area contributed by atoms with E-state index in [-0.39, 0.29) is 24.1 Å². The highest BCUT2D eigenvalue weighted by atomic mass is 16.6. The van der Waals surface area contributed by atoms with Crippen LogP contribution in [0.1, 0.15) is 54.7 Å². The molecule has 2 aliphatic carbocycles. The zero-order chi connectivity index (χ0) is 22.2. The lowest BCUT2D eigenvalue weighted by atomic mass is 9.91. The predicted octanol–water partition coefficient (Wildman–Crippen LogP) is 3.49. The van der Waals surface area contributed by atoms with Crippen LogP contribution in [0.3, 0.4) is 0 Å². The van der Waals surface area contributed by atoms with E-state index in [1.165, 1.54) is 11.1 Å². The minimum Gasteiger partial charge on any atom is -0.445 e. The SMILES string of the molecule is CC(C)OC(=O)n1cc2c(n1)CCC(N(C(=O)c1ccc(-c3ncon3)cc1)C1CC1)C2. The molecule has 32 heavy (non-hydrogen) atoms. The number of fused-ring (bicyclic) bond motifs is 1. The molecule has 9 nitrogen and oxygen atoms in total. The molecule has 9 heteroatoms. The van der Waals surface area contributed by atoms with Crippen molar-refractivity contribution in [2.24, 2.45) is 0 Å². The monoisotopic (exact) mass is 435 g/mol. The van der Waals surface area contributed by atoms with Gasteiger partial charge in [0.05, 0.1) is 11.8 Å². The minimum absolute atomic E-state index is 0.0345. The van der Waals surface area contributed by atoms with E-state index in [0.717, 1.165) is 42.5 Å². The van der Waals surface area contributed by atoms with Crippen molar-refractivity contribution in [1.29, 1.82) is 0 Å². The average molecular weight is 435 g/mol. The third-order valence-corrected chi connectivity index (χ3v) is 5.89. The first-order valence-corrected chi connectivity index (χ1v) is 11.0. The van der Waals surface area contributed by atoms with E-state index < -0.39 is 6.09 Å². The second kappa shape index (κ2) is 8.22. The Hall–Kier alpha value is -3.49. The van der Waals surface area contributed by atoms with Crippen LogP contribution in [-0.4, -0.2) is 55.0 Å². The van der Waals surface area contributed by atoms with E-state index in [1.54, 1.807) is 6.20 Å². The van der Waals surface area contributed by atoms with E-state index in [9.17, 15) is 9.59 Å². The summed E-state index contributed by atoms with van der Waals surface area (Å²) in [5.41, 5.74) is 3.37. The van der Waals surface area contributed by atoms with Gasteiger partial charge in [-0.25, -0.2) is 4.79 Å². The van der Waals surface area contributed by atoms with Crippen LogP contribution in [0.5, 0.6) is 0 Å². The van der Waals surface area contributed by atoms with Crippen LogP contribution in [0.2, 0.25) is 0 Å². The molecule has 0 N–H and O–H groups in total. The zero-order valence-electron chi connectivity index (χ0n) is 18.1. The van der Waals surface area contributed by atoms with E-state index >= 15 is 0 Å². The van der Waals surface area contributed by atoms with Gasteiger partial charge in [-0.1, -0.05) is 17.3 Å². The van der Waals surface area contributed by atoms with Gasteiger partial charge in [0.25, 0.3) is 5.91 Å². The number of hydrogen-bond donors (Lipinski definition) is 0. The van der Waals surface area contributed by atoms with E-state index in [1.807, 2.05) is 43.0 Å². The molecule has 0 radical (unpaired) electrons. The predicted molar refractivity (Wildman–Crippen MR) is 114 cm³/mol. The number of nitrogens with zero attached hydrogens (tertiary/aromatic N) is 5. The topological polar surface area (TPSA) is 103 Å². The Morgan fingerprint density at radius 1 is 1.16 bits per heavy atom. The lowest BCUT2D eigenvalue weighted by Crippen LogP contribution is -2.44. The van der Waals surface area contributed by atoms with Gasteiger partial charge in [-0.05, 0) is 63.6 Å². The van der Waals surface area contributed by atoms with Crippen LogP contribution >= 0.6 is 0 Å². The van der Waals surface area contributed by atoms with Gasteiger partial charge in [0, 0.05) is 29.4 Å². The molecule has 1 aromatic carbocycles. The largest absolute Gasteiger partial charge is 0.445 e. The van der Waals surface area contributed by atoms with Gasteiger partial charge >= 0.3 is 6.09 Å². The van der Waals surface area contributed by atoms with Crippen molar-refractivity contribution < 1.29 is 18.8 Å². The molecule has 0 bridgehead atoms. The van der Waals surface area contributed by atoms with Gasteiger partial charge in [-0.2, -0.15) is 14.8 Å². The first kappa shape index (κ1) is 20.4. The van der Waals surface area contributed by atoms with Crippen LogP contribution in [0.4, 0.5) is 4.79 Å². The molecule has 0 spiro atoms. The molecular weight excluding hydrogens is 410 g/mol. The van der Waals surface area contributed by atoms with Crippen molar-refractivity contribution in [3.63, 3.8) is 0 Å². The van der Waals surface area contributed by atoms with Gasteiger partial charge in [-0.3, -0.25) is 4.79 Å². The van der Waals surface area contributed by atoms with Crippen molar-refractivity contribution in [2.75, 3.05) is 0 Å². The first-order chi connectivity index (χ1) is 15.5. The Balaban J connectivity index is 1.33. The molecule has 2 aromatic heterocycles. The van der Waals surface area contributed by atoms with E-state index in [4.69, 9.17) is 9.26 Å². The quantitative estimate of drug-likeness (QED) is 0.604. The van der Waals surface area contributed by atoms with Gasteiger partial charge in [0.1, 0.15) is 0 Å². The van der Waals surface area contributed by atoms with Gasteiger partial charge in [0.15, 0.2) is 0 Å². The van der Waals surface area contributed by atoms with Crippen molar-refractivity contribution in [1.82, 2.24) is 24.8 Å². The molecule has 2 aliphatic rings. The fraction of sp³-hybridized carbons (Fsp3) is 0.435. The molecule has 0 aliphatic heterocycles. The number of carbonyl (C=O) groups excluding carboxylic acids is 2. The highest BCUT2D eigenvalue weighted by molar-refractivity contribution is 5.95. The normalized spacial score (nSPS) is 17.8. The number of ether oxygens (including phenoxy) is 1. The van der Waals surface area contributed by atoms with Crippen LogP contribution in [-0.2, 0) is 17.6 Å². The Bertz CT molecular complexity index is 1120. The highest BCUT2D eigenvalue weighted by Gasteiger charge is 2.39. The number of aryl methyl sites for hydroxylation is 1. The smallest absolute Gasteiger partial charge is 0.434 e. The third-order valence-electron chi connectivity index (χ3n) is 5.89. The zero-order valence-corrected chi connectivity index (χ0v) is 18.1. The van der Waals surface area contributed by atoms with Crippen molar-refractivity contribution in [3.05, 3.63) is 53.7 Å². The molecule has 1 fully saturated rings. The summed E-state index contributed by atoms with van der Waals surface area (Å²) < 4.78 is 11.3. The number of benzene rings is 1. The molecule has 1 atom stereocenters. The summed E-state index contributed by atoms with van der Waals surface area (Å²) in [6.45, 7) is 3.62. The molecular formula is C23H25N5O4. The van der Waals surface area contributed by atoms with Crippen LogP contribution in [0.25, 0.3) is 11.4 Å². The standard InChI is InChI=1S/C23H25N5O4/c1-14(2)32-23(30)27-12-17-11-19(9-10-20(17)25-27)28(18-7-8-18)22(29)16-5-3-15(4-6-16)21-24-13-31-26-21/h3-6,12-14,18-19H,7-11H2,1-2H3. The molecule has 166 valence electrons. The third kappa shape index (κ3) is 4.02. The molecule has 5 rings (SSSR count). The van der Waals surface area contributed by atoms with Crippen LogP contribution < -0.4 is 0 Å². The maximum Gasteiger partial charge on any atom is 0.434 e. The summed E-state index contributed by atoms with van der Waals surface area (Å²) in [7, 11) is 0. The summed E-state index contributed by atoms with van der Waals surface area (Å²) in [4.78, 5) is 31.7. The summed E-state index contributed by atoms with van der Waals surface area (Å²) in [5, 5.41) is 8.25. The highest BCUT2D eigenvalue weighted by Crippen LogP contribution is 2.35. The van der Waals surface area contributed by atoms with E-state index in [2.05, 4.69) is 15.2 Å². The van der Waals surface area contributed by atoms with Crippen molar-refractivity contribution >= 4 is 12.0 Å². The summed E-state index contributed by atoms with van der Waals surface area (Å²) >= 11 is 0. The second-order valence-corrected chi connectivity index (χ2v) is 8.65. The Kier molecular flexibility index (Phi) is 5.24. The molecule has 3 aromatic rings. The van der Waals surface area contributed by atoms with Crippen molar-refractivity contribution in [2.45, 2.75) is 64.1 Å². The maximum atomic E-state index is 13.5. The lowest BCUT2D eigenvalue weighted by molar-refractivity contribution is 0.0642. The number of carbonyl (C=O) groups is 2. The summed E-state index contributed by atoms with van der Waals surface area (Å²) in [5.74, 6) is 0.531. The van der Waals surface area contributed by atoms with Crippen molar-refractivity contribution in [3.8, 4) is 11.4 Å². The van der Waals surface area contributed by atoms with Crippen LogP contribution in [0, 0.1) is 0 Å². The second-order valence-electron chi connectivity index (χ2n) is 8.65. The maximum absolute atomic E-state index is 13.5. The Morgan fingerprint density at radius 2 is 1.94 bits per heavy atom. The summed E-state index contributed by atoms with van der Waals surface area (Å²) in [6.07, 6.45) is 6.65. The van der Waals surface area contributed by atoms with Gasteiger partial charge < -0.3 is 14.2 Å². The number of amides is 1. The fourth-order valence-corrected chi connectivity index (χ4v) is 4.26. The molecule has 2 heterocycles. The molecule has 1 amide bonds. The minimum atomic E-state index is -0.470. The van der Waals surface area contributed by atoms with Crippen LogP contribution in [0.15, 0.2) is 41.4 Å². The molecule has 1 unspecified atom stereocenters. The number of rotatable bonds is 5. The van der Waals surface area contributed by atoms with Gasteiger partial charge in [0.2, 0.25) is 12.2 Å². The van der Waals surface area contributed by atoms with E-state index in [0.29, 0.717) is 17.8 Å². The first-order valence-electron chi connectivity index (χ1n) is 11.0. The summed E-state index contributed by atoms with van der Waals surface area (Å²) in [6, 6.07) is 7.67. The Labute approximate surface area is 185 Å². The molecule has 1 saturated carbocycles. The number of aromatic nitrogens is 4. The fourth-order valence-electron chi connectivity index (χ4n) is 4.26. The average Bonchev–Trinajstić information content (AvgIpc) is 3.28. The lowest BCUT2D eigenvalue weighted by Gasteiger charge is -2.34. The van der Waals surface area contributed by atoms with Gasteiger partial charge in [-0.15, -0.1) is 0 Å². The molecule has 0 saturated heterocycles. The Morgan fingerprint density at radius 3 is 2.59 bits per heavy atom.